The van der Waals surface area contributed by atoms with Crippen LogP contribution in [0.1, 0.15) is 20.7 Å². The Balaban J connectivity index is 2.01. The van der Waals surface area contributed by atoms with E-state index in [2.05, 4.69) is 15.9 Å². The molecule has 0 unspecified atom stereocenters. The predicted octanol–water partition coefficient (Wildman–Crippen LogP) is 4.54. The number of hydrogen-bond acceptors (Lipinski definition) is 2. The third kappa shape index (κ3) is 2.00. The van der Waals surface area contributed by atoms with E-state index in [0.29, 0.717) is 16.5 Å². The Kier molecular flexibility index (Phi) is 3.06. The summed E-state index contributed by atoms with van der Waals surface area (Å²) in [7, 11) is 0. The van der Waals surface area contributed by atoms with Crippen LogP contribution in [-0.4, -0.2) is 11.8 Å². The van der Waals surface area contributed by atoms with Gasteiger partial charge in [0.15, 0.2) is 0 Å². The Labute approximate surface area is 139 Å². The molecule has 0 fully saturated rings. The molecule has 0 aliphatic carbocycles. The lowest BCUT2D eigenvalue weighted by Crippen LogP contribution is -2.40. The van der Waals surface area contributed by atoms with Crippen molar-refractivity contribution in [3.63, 3.8) is 0 Å². The fraction of sp³-hybridized carbons (Fsp3) is 0. The van der Waals surface area contributed by atoms with E-state index in [1.807, 2.05) is 6.07 Å². The van der Waals surface area contributed by atoms with E-state index in [4.69, 9.17) is 0 Å². The summed E-state index contributed by atoms with van der Waals surface area (Å²) in [6.07, 6.45) is 0. The van der Waals surface area contributed by atoms with E-state index in [-0.39, 0.29) is 5.69 Å². The van der Waals surface area contributed by atoms with E-state index in [9.17, 15) is 14.0 Å². The zero-order valence-electron chi connectivity index (χ0n) is 11.7. The van der Waals surface area contributed by atoms with Gasteiger partial charge in [0.2, 0.25) is 0 Å². The van der Waals surface area contributed by atoms with Gasteiger partial charge in [0.05, 0.1) is 5.69 Å². The highest BCUT2D eigenvalue weighted by Gasteiger charge is 2.34. The lowest BCUT2D eigenvalue weighted by Gasteiger charge is -2.27. The fourth-order valence-corrected chi connectivity index (χ4v) is 3.37. The van der Waals surface area contributed by atoms with Crippen LogP contribution >= 0.6 is 15.9 Å². The van der Waals surface area contributed by atoms with Crippen LogP contribution in [0.15, 0.2) is 59.1 Å². The number of nitrogens with zero attached hydrogens (tertiary/aromatic N) is 1. The van der Waals surface area contributed by atoms with Crippen LogP contribution in [-0.2, 0) is 0 Å². The molecule has 2 amide bonds. The van der Waals surface area contributed by atoms with Crippen molar-refractivity contribution in [3.8, 4) is 0 Å². The predicted molar refractivity (Wildman–Crippen MR) is 89.2 cm³/mol. The molecule has 0 bridgehead atoms. The van der Waals surface area contributed by atoms with Gasteiger partial charge in [0, 0.05) is 21.0 Å². The number of anilines is 1. The molecule has 0 N–H and O–H groups in total. The third-order valence-electron chi connectivity index (χ3n) is 3.92. The van der Waals surface area contributed by atoms with Gasteiger partial charge in [0.25, 0.3) is 11.8 Å². The third-order valence-corrected chi connectivity index (χ3v) is 4.61. The molecule has 1 aliphatic rings. The van der Waals surface area contributed by atoms with E-state index in [1.54, 1.807) is 30.3 Å². The second-order valence-corrected chi connectivity index (χ2v) is 6.10. The van der Waals surface area contributed by atoms with Gasteiger partial charge in [-0.25, -0.2) is 9.29 Å². The quantitative estimate of drug-likeness (QED) is 0.590. The molecular formula is C18H9BrFNO2. The van der Waals surface area contributed by atoms with Crippen molar-refractivity contribution < 1.29 is 14.0 Å². The van der Waals surface area contributed by atoms with Gasteiger partial charge < -0.3 is 0 Å². The van der Waals surface area contributed by atoms with Crippen molar-refractivity contribution in [3.05, 3.63) is 76.0 Å². The Morgan fingerprint density at radius 1 is 0.870 bits per heavy atom. The van der Waals surface area contributed by atoms with Crippen molar-refractivity contribution in [2.75, 3.05) is 4.90 Å². The standard InChI is InChI=1S/C18H9BrFNO2/c19-15-8-7-14-16-12(15)5-2-6-13(16)17(22)21(18(14)23)11-4-1-3-10(20)9-11/h1-9H. The molecular weight excluding hydrogens is 361 g/mol. The van der Waals surface area contributed by atoms with Crippen LogP contribution in [0.25, 0.3) is 10.8 Å². The summed E-state index contributed by atoms with van der Waals surface area (Å²) < 4.78 is 14.3. The number of benzene rings is 3. The average molecular weight is 370 g/mol. The Morgan fingerprint density at radius 3 is 2.30 bits per heavy atom. The molecule has 5 heteroatoms. The minimum Gasteiger partial charge on any atom is -0.268 e. The van der Waals surface area contributed by atoms with Gasteiger partial charge >= 0.3 is 0 Å². The van der Waals surface area contributed by atoms with E-state index in [1.165, 1.54) is 18.2 Å². The van der Waals surface area contributed by atoms with E-state index < -0.39 is 17.6 Å². The number of carbonyl (C=O) groups is 2. The summed E-state index contributed by atoms with van der Waals surface area (Å²) >= 11 is 3.44. The molecule has 112 valence electrons. The van der Waals surface area contributed by atoms with E-state index >= 15 is 0 Å². The van der Waals surface area contributed by atoms with Gasteiger partial charge in [-0.2, -0.15) is 0 Å². The van der Waals surface area contributed by atoms with Crippen molar-refractivity contribution in [1.29, 1.82) is 0 Å². The maximum atomic E-state index is 13.5. The molecule has 23 heavy (non-hydrogen) atoms. The first-order valence-electron chi connectivity index (χ1n) is 6.93. The SMILES string of the molecule is O=C1c2cccc3c(Br)ccc(c23)C(=O)N1c1cccc(F)c1. The first kappa shape index (κ1) is 14.1. The van der Waals surface area contributed by atoms with Crippen LogP contribution < -0.4 is 4.90 Å². The zero-order chi connectivity index (χ0) is 16.1. The van der Waals surface area contributed by atoms with Crippen LogP contribution in [0.5, 0.6) is 0 Å². The number of amides is 2. The highest BCUT2D eigenvalue weighted by Crippen LogP contribution is 2.36. The second-order valence-electron chi connectivity index (χ2n) is 5.25. The number of carbonyl (C=O) groups excluding carboxylic acids is 2. The average Bonchev–Trinajstić information content (AvgIpc) is 2.54. The molecule has 3 aromatic carbocycles. The monoisotopic (exact) mass is 369 g/mol. The first-order chi connectivity index (χ1) is 11.1. The fourth-order valence-electron chi connectivity index (χ4n) is 2.91. The molecule has 0 radical (unpaired) electrons. The van der Waals surface area contributed by atoms with Crippen molar-refractivity contribution in [1.82, 2.24) is 0 Å². The molecule has 1 heterocycles. The highest BCUT2D eigenvalue weighted by atomic mass is 79.9. The largest absolute Gasteiger partial charge is 0.268 e. The number of rotatable bonds is 1. The van der Waals surface area contributed by atoms with Crippen LogP contribution in [0, 0.1) is 5.82 Å². The van der Waals surface area contributed by atoms with Crippen molar-refractivity contribution >= 4 is 44.2 Å². The molecule has 0 saturated carbocycles. The zero-order valence-corrected chi connectivity index (χ0v) is 13.3. The van der Waals surface area contributed by atoms with Gasteiger partial charge in [-0.3, -0.25) is 9.59 Å². The normalized spacial score (nSPS) is 13.7. The Bertz CT molecular complexity index is 977. The van der Waals surface area contributed by atoms with Gasteiger partial charge in [-0.1, -0.05) is 34.1 Å². The molecule has 0 aromatic heterocycles. The minimum atomic E-state index is -0.497. The maximum Gasteiger partial charge on any atom is 0.265 e. The number of halogens is 2. The topological polar surface area (TPSA) is 37.4 Å². The van der Waals surface area contributed by atoms with Crippen molar-refractivity contribution in [2.45, 2.75) is 0 Å². The minimum absolute atomic E-state index is 0.227. The highest BCUT2D eigenvalue weighted by molar-refractivity contribution is 9.10. The molecule has 0 saturated heterocycles. The van der Waals surface area contributed by atoms with E-state index in [0.717, 1.165) is 14.8 Å². The summed E-state index contributed by atoms with van der Waals surface area (Å²) in [6.45, 7) is 0. The van der Waals surface area contributed by atoms with Gasteiger partial charge in [-0.15, -0.1) is 0 Å². The summed E-state index contributed by atoms with van der Waals surface area (Å²) in [5.41, 5.74) is 1.09. The number of imide groups is 1. The summed E-state index contributed by atoms with van der Waals surface area (Å²) in [5.74, 6) is -1.39. The van der Waals surface area contributed by atoms with Gasteiger partial charge in [-0.05, 0) is 41.8 Å². The van der Waals surface area contributed by atoms with Crippen LogP contribution in [0.2, 0.25) is 0 Å². The smallest absolute Gasteiger partial charge is 0.265 e. The Hall–Kier alpha value is -2.53. The molecule has 4 rings (SSSR count). The summed E-state index contributed by atoms with van der Waals surface area (Å²) in [4.78, 5) is 26.6. The van der Waals surface area contributed by atoms with Crippen LogP contribution in [0.4, 0.5) is 10.1 Å². The molecule has 0 spiro atoms. The number of hydrogen-bond donors (Lipinski definition) is 0. The second kappa shape index (κ2) is 4.99. The molecule has 3 aromatic rings. The van der Waals surface area contributed by atoms with Gasteiger partial charge in [0.1, 0.15) is 5.82 Å². The maximum absolute atomic E-state index is 13.5. The lowest BCUT2D eigenvalue weighted by atomic mass is 9.94. The van der Waals surface area contributed by atoms with Crippen molar-refractivity contribution in [2.24, 2.45) is 0 Å². The first-order valence-corrected chi connectivity index (χ1v) is 7.73. The molecule has 3 nitrogen and oxygen atoms in total. The lowest BCUT2D eigenvalue weighted by molar-refractivity contribution is 0.0893. The summed E-state index contributed by atoms with van der Waals surface area (Å²) in [5, 5.41) is 1.44. The Morgan fingerprint density at radius 2 is 1.57 bits per heavy atom. The molecule has 1 aliphatic heterocycles. The summed E-state index contributed by atoms with van der Waals surface area (Å²) in [6, 6.07) is 14.2. The van der Waals surface area contributed by atoms with Crippen LogP contribution in [0.3, 0.4) is 0 Å². The molecule has 0 atom stereocenters.